The first-order chi connectivity index (χ1) is 19.7. The molecule has 1 atom stereocenters. The molecule has 0 radical (unpaired) electrons. The van der Waals surface area contributed by atoms with E-state index in [1.807, 2.05) is 12.1 Å². The van der Waals surface area contributed by atoms with Crippen molar-refractivity contribution in [3.63, 3.8) is 0 Å². The lowest BCUT2D eigenvalue weighted by atomic mass is 9.95. The van der Waals surface area contributed by atoms with Crippen molar-refractivity contribution in [3.8, 4) is 28.4 Å². The standard InChI is InChI=1S/C30H39N3O8/c1-18(34)33-22-11-9-19-16-25(39-2)29(40-3)30(41-4)28(19)20-10-12-23(24(35)17-21(20)22)31-14-7-5-6-8-26(36)32-15-13-27(37)38/h10,12,16-17,22H,5-9,11,13-15H2,1-4H3,(H,31,35)(H,32,36)(H,33,34)(H,37,38)/t22-/m0/s1. The summed E-state index contributed by atoms with van der Waals surface area (Å²) in [7, 11) is 4.66. The summed E-state index contributed by atoms with van der Waals surface area (Å²) in [6.45, 7) is 2.11. The lowest BCUT2D eigenvalue weighted by Crippen LogP contribution is -2.26. The van der Waals surface area contributed by atoms with Crippen molar-refractivity contribution < 1.29 is 33.7 Å². The van der Waals surface area contributed by atoms with E-state index in [1.165, 1.54) is 6.92 Å². The highest BCUT2D eigenvalue weighted by molar-refractivity contribution is 5.84. The molecule has 2 aromatic rings. The van der Waals surface area contributed by atoms with Crippen LogP contribution in [0.5, 0.6) is 17.2 Å². The molecule has 0 saturated carbocycles. The monoisotopic (exact) mass is 569 g/mol. The van der Waals surface area contributed by atoms with Crippen LogP contribution in [0.4, 0.5) is 5.69 Å². The molecule has 1 aliphatic rings. The van der Waals surface area contributed by atoms with Crippen LogP contribution in [0.25, 0.3) is 11.1 Å². The van der Waals surface area contributed by atoms with Gasteiger partial charge in [-0.1, -0.05) is 12.5 Å². The van der Waals surface area contributed by atoms with E-state index < -0.39 is 5.97 Å². The van der Waals surface area contributed by atoms with E-state index in [0.717, 1.165) is 29.5 Å². The molecule has 0 aliphatic heterocycles. The zero-order valence-electron chi connectivity index (χ0n) is 24.1. The van der Waals surface area contributed by atoms with Crippen LogP contribution in [0, 0.1) is 0 Å². The number of carbonyl (C=O) groups excluding carboxylic acids is 2. The Hall–Kier alpha value is -4.28. The number of carboxylic acids is 1. The highest BCUT2D eigenvalue weighted by Gasteiger charge is 2.29. The third-order valence-electron chi connectivity index (χ3n) is 6.97. The van der Waals surface area contributed by atoms with E-state index in [4.69, 9.17) is 19.3 Å². The number of methoxy groups -OCH3 is 3. The molecule has 41 heavy (non-hydrogen) atoms. The van der Waals surface area contributed by atoms with Gasteiger partial charge in [0, 0.05) is 32.0 Å². The van der Waals surface area contributed by atoms with Crippen LogP contribution in [-0.2, 0) is 20.8 Å². The predicted octanol–water partition coefficient (Wildman–Crippen LogP) is 3.43. The van der Waals surface area contributed by atoms with Crippen molar-refractivity contribution in [2.24, 2.45) is 0 Å². The van der Waals surface area contributed by atoms with Crippen molar-refractivity contribution in [1.29, 1.82) is 0 Å². The molecule has 2 amide bonds. The number of aryl methyl sites for hydroxylation is 1. The molecule has 2 aromatic carbocycles. The minimum Gasteiger partial charge on any atom is -0.493 e. The quantitative estimate of drug-likeness (QED) is 0.251. The SMILES string of the molecule is COc1cc2c(c(OC)c1OC)-c1ccc(NCCCCCC(=O)NCCC(=O)O)c(=O)cc1[C@@H](NC(C)=O)CC2. The number of rotatable bonds is 14. The first-order valence-electron chi connectivity index (χ1n) is 13.7. The zero-order valence-corrected chi connectivity index (χ0v) is 24.1. The molecule has 3 rings (SSSR count). The molecule has 0 fully saturated rings. The minimum absolute atomic E-state index is 0.100. The van der Waals surface area contributed by atoms with Gasteiger partial charge in [0.2, 0.25) is 23.0 Å². The number of carbonyl (C=O) groups is 3. The van der Waals surface area contributed by atoms with E-state index in [-0.39, 0.29) is 36.3 Å². The van der Waals surface area contributed by atoms with Crippen LogP contribution in [-0.4, -0.2) is 57.3 Å². The first-order valence-corrected chi connectivity index (χ1v) is 13.7. The number of benzene rings is 1. The highest BCUT2D eigenvalue weighted by atomic mass is 16.5. The summed E-state index contributed by atoms with van der Waals surface area (Å²) in [5.41, 5.74) is 3.41. The molecule has 222 valence electrons. The van der Waals surface area contributed by atoms with E-state index in [9.17, 15) is 19.2 Å². The van der Waals surface area contributed by atoms with Gasteiger partial charge >= 0.3 is 5.97 Å². The minimum atomic E-state index is -0.950. The van der Waals surface area contributed by atoms with Crippen LogP contribution >= 0.6 is 0 Å². The molecule has 4 N–H and O–H groups in total. The maximum Gasteiger partial charge on any atom is 0.305 e. The smallest absolute Gasteiger partial charge is 0.305 e. The number of unbranched alkanes of at least 4 members (excludes halogenated alkanes) is 2. The number of aliphatic carboxylic acids is 1. The summed E-state index contributed by atoms with van der Waals surface area (Å²) in [6.07, 6.45) is 3.57. The lowest BCUT2D eigenvalue weighted by Gasteiger charge is -2.19. The Morgan fingerprint density at radius 2 is 1.71 bits per heavy atom. The molecule has 11 heteroatoms. The molecule has 11 nitrogen and oxygen atoms in total. The van der Waals surface area contributed by atoms with E-state index in [1.54, 1.807) is 33.5 Å². The van der Waals surface area contributed by atoms with Crippen molar-refractivity contribution in [1.82, 2.24) is 10.6 Å². The number of fused-ring (bicyclic) bond motifs is 3. The number of carboxylic acid groups (broad SMARTS) is 1. The molecule has 0 saturated heterocycles. The van der Waals surface area contributed by atoms with Gasteiger partial charge in [-0.25, -0.2) is 0 Å². The Labute approximate surface area is 239 Å². The number of anilines is 1. The largest absolute Gasteiger partial charge is 0.493 e. The number of amides is 2. The van der Waals surface area contributed by atoms with Gasteiger partial charge in [0.1, 0.15) is 0 Å². The van der Waals surface area contributed by atoms with Gasteiger partial charge in [-0.05, 0) is 60.6 Å². The summed E-state index contributed by atoms with van der Waals surface area (Å²) < 4.78 is 17.0. The van der Waals surface area contributed by atoms with Crippen LogP contribution in [0.15, 0.2) is 29.1 Å². The predicted molar refractivity (Wildman–Crippen MR) is 155 cm³/mol. The second-order valence-corrected chi connectivity index (χ2v) is 9.83. The van der Waals surface area contributed by atoms with Gasteiger partial charge in [-0.2, -0.15) is 0 Å². The number of hydrogen-bond donors (Lipinski definition) is 4. The van der Waals surface area contributed by atoms with Gasteiger partial charge < -0.3 is 35.3 Å². The molecule has 0 heterocycles. The summed E-state index contributed by atoms with van der Waals surface area (Å²) in [4.78, 5) is 47.8. The van der Waals surface area contributed by atoms with Crippen LogP contribution in [0.3, 0.4) is 0 Å². The average molecular weight is 570 g/mol. The van der Waals surface area contributed by atoms with E-state index >= 15 is 0 Å². The topological polar surface area (TPSA) is 152 Å². The fraction of sp³-hybridized carbons (Fsp3) is 0.467. The normalized spacial score (nSPS) is 13.6. The molecular formula is C30H39N3O8. The van der Waals surface area contributed by atoms with E-state index in [0.29, 0.717) is 60.7 Å². The van der Waals surface area contributed by atoms with Gasteiger partial charge in [-0.15, -0.1) is 0 Å². The van der Waals surface area contributed by atoms with Crippen molar-refractivity contribution in [2.75, 3.05) is 39.7 Å². The average Bonchev–Trinajstić information content (AvgIpc) is 3.17. The summed E-state index contributed by atoms with van der Waals surface area (Å²) in [6, 6.07) is 6.71. The molecule has 1 aliphatic carbocycles. The molecule has 0 bridgehead atoms. The molecule has 0 unspecified atom stereocenters. The third-order valence-corrected chi connectivity index (χ3v) is 6.97. The Kier molecular flexibility index (Phi) is 11.4. The van der Waals surface area contributed by atoms with Crippen molar-refractivity contribution in [3.05, 3.63) is 45.6 Å². The zero-order chi connectivity index (χ0) is 29.9. The van der Waals surface area contributed by atoms with Gasteiger partial charge in [0.25, 0.3) is 0 Å². The summed E-state index contributed by atoms with van der Waals surface area (Å²) >= 11 is 0. The Morgan fingerprint density at radius 3 is 2.37 bits per heavy atom. The van der Waals surface area contributed by atoms with E-state index in [2.05, 4.69) is 16.0 Å². The number of nitrogens with one attached hydrogen (secondary N) is 3. The first kappa shape index (κ1) is 31.3. The Balaban J connectivity index is 1.83. The second kappa shape index (κ2) is 14.9. The maximum atomic E-state index is 13.3. The summed E-state index contributed by atoms with van der Waals surface area (Å²) in [5.74, 6) is 0.159. The fourth-order valence-electron chi connectivity index (χ4n) is 5.06. The van der Waals surface area contributed by atoms with Crippen molar-refractivity contribution >= 4 is 23.5 Å². The third kappa shape index (κ3) is 8.12. The summed E-state index contributed by atoms with van der Waals surface area (Å²) in [5, 5.41) is 17.4. The van der Waals surface area contributed by atoms with Gasteiger partial charge in [-0.3, -0.25) is 19.2 Å². The number of ether oxygens (including phenoxy) is 3. The van der Waals surface area contributed by atoms with Crippen LogP contribution < -0.4 is 35.6 Å². The highest BCUT2D eigenvalue weighted by Crippen LogP contribution is 2.50. The van der Waals surface area contributed by atoms with Gasteiger partial charge in [0.15, 0.2) is 11.5 Å². The molecular weight excluding hydrogens is 530 g/mol. The molecule has 0 spiro atoms. The van der Waals surface area contributed by atoms with Gasteiger partial charge in [0.05, 0.1) is 39.5 Å². The fourth-order valence-corrected chi connectivity index (χ4v) is 5.06. The lowest BCUT2D eigenvalue weighted by molar-refractivity contribution is -0.137. The van der Waals surface area contributed by atoms with Crippen LogP contribution in [0.2, 0.25) is 0 Å². The molecule has 0 aromatic heterocycles. The maximum absolute atomic E-state index is 13.3. The Morgan fingerprint density at radius 1 is 0.951 bits per heavy atom. The second-order valence-electron chi connectivity index (χ2n) is 9.83. The Bertz CT molecular complexity index is 1330. The number of hydrogen-bond acceptors (Lipinski definition) is 8. The van der Waals surface area contributed by atoms with Crippen molar-refractivity contribution in [2.45, 2.75) is 57.9 Å². The van der Waals surface area contributed by atoms with Crippen LogP contribution in [0.1, 0.15) is 62.6 Å².